The molecule has 0 saturated heterocycles. The van der Waals surface area contributed by atoms with Crippen LogP contribution in [0.3, 0.4) is 0 Å². The molecule has 0 radical (unpaired) electrons. The highest BCUT2D eigenvalue weighted by Crippen LogP contribution is 2.34. The summed E-state index contributed by atoms with van der Waals surface area (Å²) in [5.41, 5.74) is 1.02. The van der Waals surface area contributed by atoms with Crippen LogP contribution >= 0.6 is 11.6 Å². The monoisotopic (exact) mass is 250 g/mol. The van der Waals surface area contributed by atoms with Gasteiger partial charge in [-0.1, -0.05) is 12.8 Å². The molecule has 0 bridgehead atoms. The number of halogens is 1. The Morgan fingerprint density at radius 2 is 2.18 bits per heavy atom. The normalized spacial score (nSPS) is 18.6. The van der Waals surface area contributed by atoms with Crippen molar-refractivity contribution in [1.29, 1.82) is 0 Å². The van der Waals surface area contributed by atoms with Crippen molar-refractivity contribution in [1.82, 2.24) is 14.6 Å². The van der Waals surface area contributed by atoms with Crippen LogP contribution in [-0.4, -0.2) is 26.0 Å². The number of rotatable bonds is 3. The van der Waals surface area contributed by atoms with Gasteiger partial charge in [0.25, 0.3) is 0 Å². The predicted octanol–water partition coefficient (Wildman–Crippen LogP) is 2.69. The van der Waals surface area contributed by atoms with Gasteiger partial charge in [-0.05, 0) is 18.9 Å². The van der Waals surface area contributed by atoms with Gasteiger partial charge >= 0.3 is 0 Å². The molecule has 0 aliphatic heterocycles. The molecule has 90 valence electrons. The zero-order valence-electron chi connectivity index (χ0n) is 9.56. The molecule has 0 atom stereocenters. The van der Waals surface area contributed by atoms with E-state index in [2.05, 4.69) is 15.4 Å². The number of hydrogen-bond acceptors (Lipinski definition) is 3. The highest BCUT2D eigenvalue weighted by Gasteiger charge is 2.33. The zero-order valence-corrected chi connectivity index (χ0v) is 10.3. The van der Waals surface area contributed by atoms with Crippen LogP contribution in [0.5, 0.6) is 0 Å². The fourth-order valence-electron chi connectivity index (χ4n) is 2.55. The van der Waals surface area contributed by atoms with Crippen LogP contribution in [0, 0.1) is 0 Å². The van der Waals surface area contributed by atoms with Crippen LogP contribution in [0.2, 0.25) is 0 Å². The Labute approximate surface area is 105 Å². The summed E-state index contributed by atoms with van der Waals surface area (Å²) in [6, 6.07) is 1.96. The first-order valence-corrected chi connectivity index (χ1v) is 6.49. The van der Waals surface area contributed by atoms with Gasteiger partial charge in [0, 0.05) is 18.3 Å². The molecule has 0 unspecified atom stereocenters. The molecule has 1 saturated carbocycles. The minimum atomic E-state index is 0.0146. The number of nitrogens with one attached hydrogen (secondary N) is 1. The van der Waals surface area contributed by atoms with Gasteiger partial charge in [-0.25, -0.2) is 9.50 Å². The quantitative estimate of drug-likeness (QED) is 0.852. The van der Waals surface area contributed by atoms with Gasteiger partial charge in [0.1, 0.15) is 5.52 Å². The van der Waals surface area contributed by atoms with E-state index in [1.807, 2.05) is 16.8 Å². The van der Waals surface area contributed by atoms with E-state index < -0.39 is 0 Å². The molecule has 1 fully saturated rings. The summed E-state index contributed by atoms with van der Waals surface area (Å²) in [7, 11) is 0. The first kappa shape index (κ1) is 10.8. The van der Waals surface area contributed by atoms with Crippen LogP contribution in [0.1, 0.15) is 25.7 Å². The van der Waals surface area contributed by atoms with Crippen molar-refractivity contribution in [3.63, 3.8) is 0 Å². The molecule has 1 aliphatic rings. The van der Waals surface area contributed by atoms with Crippen LogP contribution in [-0.2, 0) is 0 Å². The fourth-order valence-corrected chi connectivity index (χ4v) is 2.88. The molecule has 1 aliphatic carbocycles. The van der Waals surface area contributed by atoms with Crippen molar-refractivity contribution in [3.8, 4) is 0 Å². The number of anilines is 1. The summed E-state index contributed by atoms with van der Waals surface area (Å²) in [4.78, 5) is 4.40. The third kappa shape index (κ3) is 1.86. The van der Waals surface area contributed by atoms with Gasteiger partial charge in [-0.3, -0.25) is 0 Å². The molecular weight excluding hydrogens is 236 g/mol. The highest BCUT2D eigenvalue weighted by molar-refractivity contribution is 6.18. The summed E-state index contributed by atoms with van der Waals surface area (Å²) >= 11 is 6.13. The smallest absolute Gasteiger partial charge is 0.152 e. The van der Waals surface area contributed by atoms with Gasteiger partial charge < -0.3 is 5.32 Å². The third-order valence-corrected chi connectivity index (χ3v) is 4.04. The van der Waals surface area contributed by atoms with Crippen molar-refractivity contribution in [3.05, 3.63) is 24.7 Å². The number of fused-ring (bicyclic) bond motifs is 1. The second kappa shape index (κ2) is 4.18. The molecule has 0 amide bonds. The number of alkyl halides is 1. The molecule has 2 heterocycles. The summed E-state index contributed by atoms with van der Waals surface area (Å²) < 4.78 is 1.83. The second-order valence-electron chi connectivity index (χ2n) is 4.68. The predicted molar refractivity (Wildman–Crippen MR) is 68.5 cm³/mol. The lowest BCUT2D eigenvalue weighted by Gasteiger charge is -2.28. The van der Waals surface area contributed by atoms with E-state index in [1.54, 1.807) is 12.4 Å². The largest absolute Gasteiger partial charge is 0.362 e. The van der Waals surface area contributed by atoms with Gasteiger partial charge in [-0.15, -0.1) is 11.6 Å². The SMILES string of the molecule is ClCC1(Nc2nccn3nccc23)CCCC1. The van der Waals surface area contributed by atoms with Gasteiger partial charge in [0.05, 0.1) is 11.7 Å². The maximum Gasteiger partial charge on any atom is 0.152 e. The summed E-state index contributed by atoms with van der Waals surface area (Å²) in [5.74, 6) is 1.51. The van der Waals surface area contributed by atoms with E-state index >= 15 is 0 Å². The molecule has 2 aromatic heterocycles. The zero-order chi connectivity index (χ0) is 11.7. The summed E-state index contributed by atoms with van der Waals surface area (Å²) in [5, 5.41) is 7.74. The third-order valence-electron chi connectivity index (χ3n) is 3.52. The minimum absolute atomic E-state index is 0.0146. The Hall–Kier alpha value is -1.29. The van der Waals surface area contributed by atoms with Crippen molar-refractivity contribution in [2.75, 3.05) is 11.2 Å². The first-order chi connectivity index (χ1) is 8.33. The van der Waals surface area contributed by atoms with Gasteiger partial charge in [0.15, 0.2) is 5.82 Å². The van der Waals surface area contributed by atoms with Crippen molar-refractivity contribution < 1.29 is 0 Å². The molecule has 2 aromatic rings. The number of hydrogen-bond donors (Lipinski definition) is 1. The van der Waals surface area contributed by atoms with Crippen LogP contribution in [0.4, 0.5) is 5.82 Å². The maximum atomic E-state index is 6.13. The van der Waals surface area contributed by atoms with E-state index in [9.17, 15) is 0 Å². The van der Waals surface area contributed by atoms with E-state index in [1.165, 1.54) is 12.8 Å². The lowest BCUT2D eigenvalue weighted by Crippen LogP contribution is -2.37. The Morgan fingerprint density at radius 1 is 1.35 bits per heavy atom. The summed E-state index contributed by atoms with van der Waals surface area (Å²) in [6.45, 7) is 0. The van der Waals surface area contributed by atoms with Crippen molar-refractivity contribution in [2.24, 2.45) is 0 Å². The minimum Gasteiger partial charge on any atom is -0.362 e. The Morgan fingerprint density at radius 3 is 2.94 bits per heavy atom. The number of aromatic nitrogens is 3. The molecule has 3 rings (SSSR count). The Balaban J connectivity index is 1.96. The van der Waals surface area contributed by atoms with Crippen LogP contribution < -0.4 is 5.32 Å². The van der Waals surface area contributed by atoms with Gasteiger partial charge in [-0.2, -0.15) is 5.10 Å². The Kier molecular flexibility index (Phi) is 2.67. The van der Waals surface area contributed by atoms with E-state index in [0.717, 1.165) is 24.2 Å². The second-order valence-corrected chi connectivity index (χ2v) is 4.95. The lowest BCUT2D eigenvalue weighted by molar-refractivity contribution is 0.538. The molecular formula is C12H15ClN4. The van der Waals surface area contributed by atoms with E-state index in [4.69, 9.17) is 11.6 Å². The Bertz CT molecular complexity index is 516. The number of nitrogens with zero attached hydrogens (tertiary/aromatic N) is 3. The van der Waals surface area contributed by atoms with E-state index in [-0.39, 0.29) is 5.54 Å². The molecule has 0 aromatic carbocycles. The molecule has 4 nitrogen and oxygen atoms in total. The summed E-state index contributed by atoms with van der Waals surface area (Å²) in [6.07, 6.45) is 10.1. The van der Waals surface area contributed by atoms with Crippen molar-refractivity contribution in [2.45, 2.75) is 31.2 Å². The molecule has 5 heteroatoms. The van der Waals surface area contributed by atoms with Crippen molar-refractivity contribution >= 4 is 22.9 Å². The maximum absolute atomic E-state index is 6.13. The average Bonchev–Trinajstić information content (AvgIpc) is 2.98. The topological polar surface area (TPSA) is 42.2 Å². The molecule has 1 N–H and O–H groups in total. The first-order valence-electron chi connectivity index (χ1n) is 5.96. The lowest BCUT2D eigenvalue weighted by atomic mass is 10.0. The average molecular weight is 251 g/mol. The van der Waals surface area contributed by atoms with E-state index in [0.29, 0.717) is 5.88 Å². The fraction of sp³-hybridized carbons (Fsp3) is 0.500. The molecule has 0 spiro atoms. The molecule has 17 heavy (non-hydrogen) atoms. The standard InChI is InChI=1S/C12H15ClN4/c13-9-12(4-1-2-5-12)16-11-10-3-6-15-17(10)8-7-14-11/h3,6-8H,1-2,4-5,9H2,(H,14,16). The van der Waals surface area contributed by atoms with Gasteiger partial charge in [0.2, 0.25) is 0 Å². The van der Waals surface area contributed by atoms with Crippen LogP contribution in [0.15, 0.2) is 24.7 Å². The highest BCUT2D eigenvalue weighted by atomic mass is 35.5. The van der Waals surface area contributed by atoms with Crippen LogP contribution in [0.25, 0.3) is 5.52 Å².